The van der Waals surface area contributed by atoms with E-state index in [-0.39, 0.29) is 30.1 Å². The van der Waals surface area contributed by atoms with Crippen molar-refractivity contribution in [1.82, 2.24) is 0 Å². The van der Waals surface area contributed by atoms with E-state index < -0.39 is 10.0 Å². The fraction of sp³-hybridized carbons (Fsp3) is 0.310. The maximum atomic E-state index is 13.0. The molecule has 1 N–H and O–H groups in total. The lowest BCUT2D eigenvalue weighted by Crippen LogP contribution is -2.32. The zero-order chi connectivity index (χ0) is 27.4. The largest absolute Gasteiger partial charge is 0.326 e. The Bertz CT molecular complexity index is 1390. The van der Waals surface area contributed by atoms with Crippen LogP contribution in [0.4, 0.5) is 11.4 Å². The van der Waals surface area contributed by atoms with Gasteiger partial charge in [-0.15, -0.1) is 0 Å². The zero-order valence-electron chi connectivity index (χ0n) is 21.8. The van der Waals surface area contributed by atoms with Crippen molar-refractivity contribution in [1.29, 1.82) is 0 Å². The normalized spacial score (nSPS) is 11.7. The van der Waals surface area contributed by atoms with E-state index in [0.29, 0.717) is 33.9 Å². The van der Waals surface area contributed by atoms with Crippen LogP contribution in [0.5, 0.6) is 0 Å². The summed E-state index contributed by atoms with van der Waals surface area (Å²) in [5.41, 5.74) is 3.97. The number of carbonyl (C=O) groups is 2. The maximum Gasteiger partial charge on any atom is 0.232 e. The van der Waals surface area contributed by atoms with Crippen LogP contribution in [0.2, 0.25) is 5.02 Å². The number of benzene rings is 3. The average molecular weight is 541 g/mol. The van der Waals surface area contributed by atoms with E-state index in [4.69, 9.17) is 11.6 Å². The smallest absolute Gasteiger partial charge is 0.232 e. The number of nitrogens with one attached hydrogen (secondary N) is 1. The molecule has 3 aromatic carbocycles. The predicted molar refractivity (Wildman–Crippen MR) is 151 cm³/mol. The predicted octanol–water partition coefficient (Wildman–Crippen LogP) is 6.36. The number of ketones is 1. The minimum absolute atomic E-state index is 0.00288. The molecule has 0 heterocycles. The number of aryl methyl sites for hydroxylation is 1. The summed E-state index contributed by atoms with van der Waals surface area (Å²) in [7, 11) is -3.56. The van der Waals surface area contributed by atoms with Gasteiger partial charge in [0.15, 0.2) is 5.78 Å². The van der Waals surface area contributed by atoms with Crippen molar-refractivity contribution in [3.63, 3.8) is 0 Å². The van der Waals surface area contributed by atoms with Crippen LogP contribution in [0.1, 0.15) is 60.7 Å². The highest BCUT2D eigenvalue weighted by atomic mass is 35.5. The highest BCUT2D eigenvalue weighted by Crippen LogP contribution is 2.27. The maximum absolute atomic E-state index is 13.0. The van der Waals surface area contributed by atoms with E-state index in [9.17, 15) is 18.0 Å². The third-order valence-electron chi connectivity index (χ3n) is 6.03. The van der Waals surface area contributed by atoms with Crippen molar-refractivity contribution in [3.8, 4) is 0 Å². The van der Waals surface area contributed by atoms with Gasteiger partial charge >= 0.3 is 0 Å². The molecule has 0 aliphatic carbocycles. The molecule has 8 heteroatoms. The van der Waals surface area contributed by atoms with Crippen LogP contribution in [0.15, 0.2) is 66.7 Å². The first-order chi connectivity index (χ1) is 17.3. The van der Waals surface area contributed by atoms with E-state index in [1.807, 2.05) is 31.2 Å². The Balaban J connectivity index is 1.64. The Labute approximate surface area is 224 Å². The van der Waals surface area contributed by atoms with Crippen LogP contribution in [0, 0.1) is 6.92 Å². The summed E-state index contributed by atoms with van der Waals surface area (Å²) in [6.45, 7) is 8.30. The van der Waals surface area contributed by atoms with Crippen LogP contribution in [0.25, 0.3) is 0 Å². The lowest BCUT2D eigenvalue weighted by atomic mass is 9.86. The summed E-state index contributed by atoms with van der Waals surface area (Å²) in [6.07, 6.45) is 1.55. The number of amides is 1. The van der Waals surface area contributed by atoms with Crippen molar-refractivity contribution in [3.05, 3.63) is 94.0 Å². The number of halogens is 1. The van der Waals surface area contributed by atoms with Crippen LogP contribution >= 0.6 is 11.6 Å². The standard InChI is InChI=1S/C29H33ClN2O4S/c1-20-11-16-24(30)19-26(20)32(37(5,35)36)17-7-10-27(33)31-25-9-6-8-22(18-25)28(34)21-12-14-23(15-13-21)29(2,3)4/h6,8-9,11-16,18-19H,7,10,17H2,1-5H3,(H,31,33). The van der Waals surface area contributed by atoms with Gasteiger partial charge in [0.2, 0.25) is 15.9 Å². The molecule has 37 heavy (non-hydrogen) atoms. The molecule has 6 nitrogen and oxygen atoms in total. The fourth-order valence-corrected chi connectivity index (χ4v) is 5.13. The summed E-state index contributed by atoms with van der Waals surface area (Å²) in [5.74, 6) is -0.396. The Morgan fingerprint density at radius 3 is 2.24 bits per heavy atom. The molecular formula is C29H33ClN2O4S. The van der Waals surface area contributed by atoms with Crippen LogP contribution in [0.3, 0.4) is 0 Å². The molecule has 0 aliphatic rings. The van der Waals surface area contributed by atoms with Crippen LogP contribution in [-0.4, -0.2) is 32.9 Å². The van der Waals surface area contributed by atoms with Crippen molar-refractivity contribution >= 4 is 44.7 Å². The first kappa shape index (κ1) is 28.4. The second-order valence-electron chi connectivity index (χ2n) is 10.2. The third kappa shape index (κ3) is 7.66. The van der Waals surface area contributed by atoms with E-state index >= 15 is 0 Å². The summed E-state index contributed by atoms with van der Waals surface area (Å²) in [4.78, 5) is 25.6. The number of anilines is 2. The molecule has 0 saturated carbocycles. The first-order valence-corrected chi connectivity index (χ1v) is 14.3. The SMILES string of the molecule is Cc1ccc(Cl)cc1N(CCCC(=O)Nc1cccc(C(=O)c2ccc(C(C)(C)C)cc2)c1)S(C)(=O)=O. The van der Waals surface area contributed by atoms with Crippen molar-refractivity contribution in [2.75, 3.05) is 22.4 Å². The molecular weight excluding hydrogens is 508 g/mol. The van der Waals surface area contributed by atoms with Gasteiger partial charge in [-0.25, -0.2) is 8.42 Å². The molecule has 3 rings (SSSR count). The van der Waals surface area contributed by atoms with Gasteiger partial charge in [0.1, 0.15) is 0 Å². The Kier molecular flexibility index (Phi) is 8.82. The first-order valence-electron chi connectivity index (χ1n) is 12.0. The second kappa shape index (κ2) is 11.5. The number of hydrogen-bond acceptors (Lipinski definition) is 4. The van der Waals surface area contributed by atoms with Gasteiger partial charge in [-0.1, -0.05) is 74.8 Å². The molecule has 0 radical (unpaired) electrons. The number of carbonyl (C=O) groups excluding carboxylic acids is 2. The van der Waals surface area contributed by atoms with Gasteiger partial charge < -0.3 is 5.32 Å². The molecule has 0 bridgehead atoms. The van der Waals surface area contributed by atoms with Gasteiger partial charge in [-0.2, -0.15) is 0 Å². The monoisotopic (exact) mass is 540 g/mol. The lowest BCUT2D eigenvalue weighted by Gasteiger charge is -2.24. The number of rotatable bonds is 9. The second-order valence-corrected chi connectivity index (χ2v) is 12.5. The number of hydrogen-bond donors (Lipinski definition) is 1. The summed E-state index contributed by atoms with van der Waals surface area (Å²) in [6, 6.07) is 19.4. The topological polar surface area (TPSA) is 83.6 Å². The van der Waals surface area contributed by atoms with Crippen molar-refractivity contribution in [2.24, 2.45) is 0 Å². The molecule has 3 aromatic rings. The quantitative estimate of drug-likeness (QED) is 0.320. The summed E-state index contributed by atoms with van der Waals surface area (Å²) >= 11 is 6.08. The lowest BCUT2D eigenvalue weighted by molar-refractivity contribution is -0.116. The average Bonchev–Trinajstić information content (AvgIpc) is 2.82. The molecule has 0 aromatic heterocycles. The van der Waals surface area contributed by atoms with E-state index in [0.717, 1.165) is 17.4 Å². The Morgan fingerprint density at radius 1 is 0.946 bits per heavy atom. The van der Waals surface area contributed by atoms with E-state index in [1.54, 1.807) is 42.5 Å². The molecule has 1 amide bonds. The van der Waals surface area contributed by atoms with Crippen molar-refractivity contribution < 1.29 is 18.0 Å². The molecule has 0 saturated heterocycles. The van der Waals surface area contributed by atoms with Crippen molar-refractivity contribution in [2.45, 2.75) is 46.0 Å². The molecule has 0 atom stereocenters. The van der Waals surface area contributed by atoms with E-state index in [1.165, 1.54) is 4.31 Å². The Hall–Kier alpha value is -3.16. The van der Waals surface area contributed by atoms with Crippen LogP contribution in [-0.2, 0) is 20.2 Å². The van der Waals surface area contributed by atoms with Crippen LogP contribution < -0.4 is 9.62 Å². The third-order valence-corrected chi connectivity index (χ3v) is 7.44. The number of sulfonamides is 1. The van der Waals surface area contributed by atoms with Gasteiger partial charge in [-0.05, 0) is 54.2 Å². The molecule has 0 fully saturated rings. The van der Waals surface area contributed by atoms with Gasteiger partial charge in [-0.3, -0.25) is 13.9 Å². The molecule has 0 spiro atoms. The minimum Gasteiger partial charge on any atom is -0.326 e. The summed E-state index contributed by atoms with van der Waals surface area (Å²) in [5, 5.41) is 3.25. The van der Waals surface area contributed by atoms with Gasteiger partial charge in [0, 0.05) is 34.8 Å². The highest BCUT2D eigenvalue weighted by molar-refractivity contribution is 7.92. The van der Waals surface area contributed by atoms with E-state index in [2.05, 4.69) is 26.1 Å². The number of nitrogens with zero attached hydrogens (tertiary/aromatic N) is 1. The zero-order valence-corrected chi connectivity index (χ0v) is 23.4. The molecule has 196 valence electrons. The van der Waals surface area contributed by atoms with Gasteiger partial charge in [0.05, 0.1) is 11.9 Å². The fourth-order valence-electron chi connectivity index (χ4n) is 3.95. The summed E-state index contributed by atoms with van der Waals surface area (Å²) < 4.78 is 26.1. The highest BCUT2D eigenvalue weighted by Gasteiger charge is 2.20. The minimum atomic E-state index is -3.56. The van der Waals surface area contributed by atoms with Gasteiger partial charge in [0.25, 0.3) is 0 Å². The Morgan fingerprint density at radius 2 is 1.62 bits per heavy atom. The molecule has 0 unspecified atom stereocenters. The molecule has 0 aliphatic heterocycles.